The lowest BCUT2D eigenvalue weighted by atomic mass is 9.78. The molecule has 1 unspecified atom stereocenters. The van der Waals surface area contributed by atoms with E-state index in [1.807, 2.05) is 0 Å². The average Bonchev–Trinajstić information content (AvgIpc) is 3.68. The van der Waals surface area contributed by atoms with Gasteiger partial charge >= 0.3 is 12.1 Å². The molecule has 3 amide bonds. The molecule has 1 saturated carbocycles. The van der Waals surface area contributed by atoms with Gasteiger partial charge in [-0.3, -0.25) is 19.3 Å². The van der Waals surface area contributed by atoms with Gasteiger partial charge in [0.25, 0.3) is 0 Å². The number of ketones is 1. The van der Waals surface area contributed by atoms with E-state index in [1.165, 1.54) is 6.08 Å². The lowest BCUT2D eigenvalue weighted by Crippen LogP contribution is -2.56. The minimum Gasteiger partial charge on any atom is -0.465 e. The van der Waals surface area contributed by atoms with E-state index in [1.54, 1.807) is 35.8 Å². The number of cyclic esters (lactones) is 1. The highest BCUT2D eigenvalue weighted by atomic mass is 19.1. The van der Waals surface area contributed by atoms with Crippen LogP contribution in [0.4, 0.5) is 9.18 Å². The maximum Gasteiger partial charge on any atom is 0.404 e. The fourth-order valence-electron chi connectivity index (χ4n) is 8.25. The number of hydrogen-bond donors (Lipinski definition) is 3. The van der Waals surface area contributed by atoms with Crippen LogP contribution in [-0.4, -0.2) is 106 Å². The molecule has 0 aromatic carbocycles. The summed E-state index contributed by atoms with van der Waals surface area (Å²) in [5, 5.41) is 14.3. The molecule has 6 aliphatic rings. The predicted octanol–water partition coefficient (Wildman–Crippen LogP) is 2.22. The number of alkyl halides is 1. The minimum absolute atomic E-state index is 0.106. The Hall–Kier alpha value is -3.74. The standard InChI is InChI=1S/C32H42FN5O7/c1-32(2)38-24(30(42)45-32)15-20-14-21(16-25(39)26(20)38)34-28(40)27-23(36-11-4-3-5-12-36)10-13-37(27)29(41)19-8-6-18(7-9-19)22(17-33)35-31(43)44/h14-16,18-19,22-23,26-27,35H,3-13,17H2,1-2H3,(H,34,40)(H,43,44)/t18?,19?,22-,23-,26?,27+/m1/s1. The number of fused-ring (bicyclic) bond motifs is 3. The van der Waals surface area contributed by atoms with Gasteiger partial charge in [-0.25, -0.2) is 14.0 Å². The number of hydrogen-bond acceptors (Lipinski definition) is 8. The molecular formula is C32H42FN5O7. The number of likely N-dealkylation sites (tertiary alicyclic amines) is 2. The maximum atomic E-state index is 14.1. The zero-order valence-electron chi connectivity index (χ0n) is 25.8. The molecule has 4 aliphatic heterocycles. The van der Waals surface area contributed by atoms with Crippen LogP contribution < -0.4 is 10.6 Å². The van der Waals surface area contributed by atoms with E-state index in [2.05, 4.69) is 15.5 Å². The maximum absolute atomic E-state index is 14.1. The summed E-state index contributed by atoms with van der Waals surface area (Å²) in [5.74, 6) is -1.74. The Bertz CT molecular complexity index is 1360. The van der Waals surface area contributed by atoms with Crippen molar-refractivity contribution in [3.63, 3.8) is 0 Å². The van der Waals surface area contributed by atoms with Gasteiger partial charge in [0.05, 0.1) is 6.04 Å². The fraction of sp³-hybridized carbons (Fsp3) is 0.656. The van der Waals surface area contributed by atoms with Crippen LogP contribution in [0.2, 0.25) is 0 Å². The summed E-state index contributed by atoms with van der Waals surface area (Å²) in [6, 6.07) is -2.40. The molecule has 4 fully saturated rings. The molecule has 45 heavy (non-hydrogen) atoms. The number of ether oxygens (including phenoxy) is 1. The third-order valence-corrected chi connectivity index (χ3v) is 10.4. The summed E-state index contributed by atoms with van der Waals surface area (Å²) in [6.45, 7) is 4.80. The van der Waals surface area contributed by atoms with E-state index in [0.717, 1.165) is 32.4 Å². The second-order valence-electron chi connectivity index (χ2n) is 13.5. The monoisotopic (exact) mass is 627 g/mol. The molecule has 244 valence electrons. The first-order valence-corrected chi connectivity index (χ1v) is 16.1. The molecule has 0 aromatic rings. The van der Waals surface area contributed by atoms with Crippen LogP contribution in [0.3, 0.4) is 0 Å². The van der Waals surface area contributed by atoms with Crippen molar-refractivity contribution in [1.29, 1.82) is 0 Å². The Labute approximate surface area is 261 Å². The van der Waals surface area contributed by atoms with Crippen LogP contribution in [0.15, 0.2) is 35.2 Å². The second-order valence-corrected chi connectivity index (χ2v) is 13.5. The van der Waals surface area contributed by atoms with Gasteiger partial charge in [-0.1, -0.05) is 6.42 Å². The predicted molar refractivity (Wildman–Crippen MR) is 159 cm³/mol. The average molecular weight is 628 g/mol. The lowest BCUT2D eigenvalue weighted by Gasteiger charge is -2.38. The highest BCUT2D eigenvalue weighted by Crippen LogP contribution is 2.43. The van der Waals surface area contributed by atoms with E-state index in [9.17, 15) is 28.4 Å². The van der Waals surface area contributed by atoms with Crippen molar-refractivity contribution in [1.82, 2.24) is 25.3 Å². The normalized spacial score (nSPS) is 31.7. The first-order valence-electron chi connectivity index (χ1n) is 16.1. The number of nitrogens with zero attached hydrogens (tertiary/aromatic N) is 3. The molecule has 4 heterocycles. The molecule has 2 aliphatic carbocycles. The number of halogens is 1. The molecular weight excluding hydrogens is 585 g/mol. The van der Waals surface area contributed by atoms with Crippen molar-refractivity contribution >= 4 is 29.7 Å². The number of amides is 3. The molecule has 6 rings (SSSR count). The van der Waals surface area contributed by atoms with Crippen molar-refractivity contribution in [2.24, 2.45) is 11.8 Å². The third kappa shape index (κ3) is 5.86. The van der Waals surface area contributed by atoms with Crippen molar-refractivity contribution in [2.75, 3.05) is 26.3 Å². The number of allylic oxidation sites excluding steroid dienone is 1. The smallest absolute Gasteiger partial charge is 0.404 e. The minimum atomic E-state index is -1.26. The van der Waals surface area contributed by atoms with Crippen molar-refractivity contribution in [3.8, 4) is 0 Å². The van der Waals surface area contributed by atoms with E-state index >= 15 is 0 Å². The summed E-state index contributed by atoms with van der Waals surface area (Å²) in [7, 11) is 0. The second kappa shape index (κ2) is 12.2. The Morgan fingerprint density at radius 3 is 2.40 bits per heavy atom. The van der Waals surface area contributed by atoms with Gasteiger partial charge < -0.3 is 30.3 Å². The summed E-state index contributed by atoms with van der Waals surface area (Å²) < 4.78 is 19.0. The number of carboxylic acid groups (broad SMARTS) is 1. The Kier molecular flexibility index (Phi) is 8.49. The number of carbonyl (C=O) groups excluding carboxylic acids is 4. The Morgan fingerprint density at radius 1 is 1.02 bits per heavy atom. The molecule has 0 bridgehead atoms. The molecule has 12 nitrogen and oxygen atoms in total. The van der Waals surface area contributed by atoms with Gasteiger partial charge in [0.1, 0.15) is 24.5 Å². The first-order chi connectivity index (χ1) is 21.5. The van der Waals surface area contributed by atoms with Gasteiger partial charge in [0.2, 0.25) is 11.8 Å². The van der Waals surface area contributed by atoms with Crippen LogP contribution in [0.1, 0.15) is 65.2 Å². The van der Waals surface area contributed by atoms with Crippen LogP contribution in [0.25, 0.3) is 0 Å². The van der Waals surface area contributed by atoms with Gasteiger partial charge in [0, 0.05) is 30.3 Å². The highest BCUT2D eigenvalue weighted by Gasteiger charge is 2.53. The van der Waals surface area contributed by atoms with Crippen LogP contribution in [-0.2, 0) is 23.9 Å². The van der Waals surface area contributed by atoms with Gasteiger partial charge in [-0.15, -0.1) is 0 Å². The number of piperidine rings is 1. The topological polar surface area (TPSA) is 149 Å². The quantitative estimate of drug-likeness (QED) is 0.362. The van der Waals surface area contributed by atoms with Crippen LogP contribution >= 0.6 is 0 Å². The van der Waals surface area contributed by atoms with E-state index in [0.29, 0.717) is 55.6 Å². The molecule has 3 N–H and O–H groups in total. The van der Waals surface area contributed by atoms with E-state index in [-0.39, 0.29) is 35.5 Å². The van der Waals surface area contributed by atoms with Gasteiger partial charge in [-0.05, 0) is 95.5 Å². The zero-order chi connectivity index (χ0) is 32.0. The highest BCUT2D eigenvalue weighted by molar-refractivity contribution is 6.05. The van der Waals surface area contributed by atoms with Crippen molar-refractivity contribution in [3.05, 3.63) is 35.2 Å². The number of carbonyl (C=O) groups is 5. The van der Waals surface area contributed by atoms with Gasteiger partial charge in [-0.2, -0.15) is 0 Å². The van der Waals surface area contributed by atoms with E-state index < -0.39 is 42.6 Å². The van der Waals surface area contributed by atoms with Crippen molar-refractivity contribution in [2.45, 2.75) is 95.1 Å². The van der Waals surface area contributed by atoms with Crippen LogP contribution in [0.5, 0.6) is 0 Å². The molecule has 0 aromatic heterocycles. The number of rotatable bonds is 7. The summed E-state index contributed by atoms with van der Waals surface area (Å²) in [6.07, 6.45) is 9.34. The van der Waals surface area contributed by atoms with Crippen LogP contribution in [0, 0.1) is 11.8 Å². The molecule has 3 saturated heterocycles. The number of esters is 1. The molecule has 13 heteroatoms. The van der Waals surface area contributed by atoms with Gasteiger partial charge in [0.15, 0.2) is 11.5 Å². The molecule has 0 radical (unpaired) electrons. The molecule has 0 spiro atoms. The summed E-state index contributed by atoms with van der Waals surface area (Å²) >= 11 is 0. The zero-order valence-corrected chi connectivity index (χ0v) is 25.8. The Morgan fingerprint density at radius 2 is 1.73 bits per heavy atom. The van der Waals surface area contributed by atoms with E-state index in [4.69, 9.17) is 9.84 Å². The lowest BCUT2D eigenvalue weighted by molar-refractivity contribution is -0.151. The molecule has 4 atom stereocenters. The Balaban J connectivity index is 1.18. The SMILES string of the molecule is CC1(C)OC(=O)C2=CC3=CC(NC(=O)[C@@H]4[C@H](N5CCCCC5)CCN4C(=O)C4CCC([C@@H](CF)NC(=O)O)CC4)=CC(=O)C3N21. The summed E-state index contributed by atoms with van der Waals surface area (Å²) in [4.78, 5) is 70.6. The fourth-order valence-corrected chi connectivity index (χ4v) is 8.25. The largest absolute Gasteiger partial charge is 0.465 e. The summed E-state index contributed by atoms with van der Waals surface area (Å²) in [5.41, 5.74) is 0.263. The third-order valence-electron chi connectivity index (χ3n) is 10.4. The number of nitrogens with one attached hydrogen (secondary N) is 2. The van der Waals surface area contributed by atoms with Crippen molar-refractivity contribution < 1.29 is 38.2 Å². The first kappa shape index (κ1) is 31.3.